The van der Waals surface area contributed by atoms with E-state index in [0.29, 0.717) is 28.1 Å². The van der Waals surface area contributed by atoms with Crippen LogP contribution in [0.2, 0.25) is 0 Å². The number of ketones is 1. The highest BCUT2D eigenvalue weighted by Crippen LogP contribution is 2.19. The number of nitrogens with zero attached hydrogens (tertiary/aromatic N) is 2. The molecule has 0 N–H and O–H groups in total. The van der Waals surface area contributed by atoms with E-state index < -0.39 is 5.97 Å². The minimum absolute atomic E-state index is 0.227. The summed E-state index contributed by atoms with van der Waals surface area (Å²) >= 11 is 0. The van der Waals surface area contributed by atoms with Gasteiger partial charge < -0.3 is 4.74 Å². The standard InChI is InChI=1S/C21H20N2O3/c1-3-14(2)15-4-6-16(7-5-15)20(24)13-26-21(25)17-8-9-18-19(12-17)23-11-10-22-18/h4-12,14H,3,13H2,1-2H3/t14-/m0/s1. The molecule has 1 aromatic heterocycles. The highest BCUT2D eigenvalue weighted by Gasteiger charge is 2.13. The first-order valence-corrected chi connectivity index (χ1v) is 8.59. The van der Waals surface area contributed by atoms with Crippen molar-refractivity contribution in [1.82, 2.24) is 9.97 Å². The fraction of sp³-hybridized carbons (Fsp3) is 0.238. The zero-order valence-electron chi connectivity index (χ0n) is 14.8. The van der Waals surface area contributed by atoms with E-state index in [4.69, 9.17) is 4.74 Å². The van der Waals surface area contributed by atoms with Crippen LogP contribution < -0.4 is 0 Å². The van der Waals surface area contributed by atoms with Gasteiger partial charge in [0, 0.05) is 18.0 Å². The topological polar surface area (TPSA) is 69.2 Å². The maximum Gasteiger partial charge on any atom is 0.338 e. The van der Waals surface area contributed by atoms with E-state index in [2.05, 4.69) is 23.8 Å². The number of esters is 1. The molecule has 1 heterocycles. The summed E-state index contributed by atoms with van der Waals surface area (Å²) in [5, 5.41) is 0. The lowest BCUT2D eigenvalue weighted by Gasteiger charge is -2.09. The Morgan fingerprint density at radius 3 is 2.31 bits per heavy atom. The van der Waals surface area contributed by atoms with Crippen LogP contribution in [0.1, 0.15) is 52.5 Å². The van der Waals surface area contributed by atoms with Gasteiger partial charge in [-0.3, -0.25) is 14.8 Å². The third kappa shape index (κ3) is 3.94. The van der Waals surface area contributed by atoms with E-state index in [0.717, 1.165) is 6.42 Å². The van der Waals surface area contributed by atoms with Gasteiger partial charge >= 0.3 is 5.97 Å². The Bertz CT molecular complexity index is 935. The van der Waals surface area contributed by atoms with E-state index in [-0.39, 0.29) is 12.4 Å². The molecule has 26 heavy (non-hydrogen) atoms. The first-order valence-electron chi connectivity index (χ1n) is 8.59. The van der Waals surface area contributed by atoms with Gasteiger partial charge in [0.15, 0.2) is 12.4 Å². The number of carbonyl (C=O) groups is 2. The zero-order valence-corrected chi connectivity index (χ0v) is 14.8. The summed E-state index contributed by atoms with van der Waals surface area (Å²) in [6, 6.07) is 12.4. The van der Waals surface area contributed by atoms with Crippen molar-refractivity contribution in [3.8, 4) is 0 Å². The number of ether oxygens (including phenoxy) is 1. The summed E-state index contributed by atoms with van der Waals surface area (Å²) in [5.74, 6) is -0.329. The molecule has 0 amide bonds. The van der Waals surface area contributed by atoms with Crippen molar-refractivity contribution in [1.29, 1.82) is 0 Å². The summed E-state index contributed by atoms with van der Waals surface area (Å²) in [7, 11) is 0. The number of hydrogen-bond donors (Lipinski definition) is 0. The third-order valence-corrected chi connectivity index (χ3v) is 4.45. The number of carbonyl (C=O) groups excluding carboxylic acids is 2. The molecule has 3 rings (SSSR count). The molecular formula is C21H20N2O3. The molecule has 0 fully saturated rings. The molecule has 0 aliphatic carbocycles. The van der Waals surface area contributed by atoms with Crippen LogP contribution in [0, 0.1) is 0 Å². The van der Waals surface area contributed by atoms with Crippen molar-refractivity contribution >= 4 is 22.8 Å². The molecule has 0 unspecified atom stereocenters. The predicted molar refractivity (Wildman–Crippen MR) is 99.3 cm³/mol. The van der Waals surface area contributed by atoms with Crippen molar-refractivity contribution in [2.75, 3.05) is 6.61 Å². The molecule has 0 aliphatic heterocycles. The van der Waals surface area contributed by atoms with Gasteiger partial charge in [-0.2, -0.15) is 0 Å². The number of benzene rings is 2. The van der Waals surface area contributed by atoms with Gasteiger partial charge in [-0.15, -0.1) is 0 Å². The molecule has 0 saturated heterocycles. The Labute approximate surface area is 152 Å². The molecule has 0 aliphatic rings. The summed E-state index contributed by atoms with van der Waals surface area (Å²) in [6.07, 6.45) is 4.19. The number of rotatable bonds is 6. The highest BCUT2D eigenvalue weighted by atomic mass is 16.5. The van der Waals surface area contributed by atoms with Crippen LogP contribution in [0.25, 0.3) is 11.0 Å². The minimum atomic E-state index is -0.554. The molecule has 0 saturated carbocycles. The van der Waals surface area contributed by atoms with Crippen LogP contribution in [0.3, 0.4) is 0 Å². The third-order valence-electron chi connectivity index (χ3n) is 4.45. The van der Waals surface area contributed by atoms with Gasteiger partial charge in [0.1, 0.15) is 0 Å². The molecule has 5 nitrogen and oxygen atoms in total. The second-order valence-corrected chi connectivity index (χ2v) is 6.19. The van der Waals surface area contributed by atoms with Crippen LogP contribution >= 0.6 is 0 Å². The largest absolute Gasteiger partial charge is 0.454 e. The van der Waals surface area contributed by atoms with Crippen LogP contribution in [0.4, 0.5) is 0 Å². The second-order valence-electron chi connectivity index (χ2n) is 6.19. The Kier molecular flexibility index (Phi) is 5.37. The summed E-state index contributed by atoms with van der Waals surface area (Å²) in [5.41, 5.74) is 3.38. The molecule has 132 valence electrons. The maximum atomic E-state index is 12.2. The minimum Gasteiger partial charge on any atom is -0.454 e. The quantitative estimate of drug-likeness (QED) is 0.494. The number of hydrogen-bond acceptors (Lipinski definition) is 5. The van der Waals surface area contributed by atoms with Gasteiger partial charge in [-0.1, -0.05) is 38.1 Å². The average molecular weight is 348 g/mol. The van der Waals surface area contributed by atoms with Crippen LogP contribution in [0.5, 0.6) is 0 Å². The maximum absolute atomic E-state index is 12.2. The van der Waals surface area contributed by atoms with Gasteiger partial charge in [0.25, 0.3) is 0 Å². The van der Waals surface area contributed by atoms with E-state index in [9.17, 15) is 9.59 Å². The lowest BCUT2D eigenvalue weighted by Crippen LogP contribution is -2.14. The van der Waals surface area contributed by atoms with Crippen molar-refractivity contribution in [3.63, 3.8) is 0 Å². The molecule has 0 spiro atoms. The molecule has 1 atom stereocenters. The predicted octanol–water partition coefficient (Wildman–Crippen LogP) is 4.18. The fourth-order valence-corrected chi connectivity index (χ4v) is 2.62. The van der Waals surface area contributed by atoms with Crippen molar-refractivity contribution in [3.05, 3.63) is 71.5 Å². The average Bonchev–Trinajstić information content (AvgIpc) is 2.70. The molecule has 5 heteroatoms. The lowest BCUT2D eigenvalue weighted by atomic mass is 9.97. The zero-order chi connectivity index (χ0) is 18.5. The van der Waals surface area contributed by atoms with Crippen molar-refractivity contribution < 1.29 is 14.3 Å². The summed E-state index contributed by atoms with van der Waals surface area (Å²) in [6.45, 7) is 3.98. The Morgan fingerprint density at radius 2 is 1.62 bits per heavy atom. The van der Waals surface area contributed by atoms with Crippen LogP contribution in [0.15, 0.2) is 54.9 Å². The number of Topliss-reactive ketones (excluding diaryl/α,β-unsaturated/α-hetero) is 1. The SMILES string of the molecule is CC[C@H](C)c1ccc(C(=O)COC(=O)c2ccc3nccnc3c2)cc1. The second kappa shape index (κ2) is 7.87. The fourth-order valence-electron chi connectivity index (χ4n) is 2.62. The smallest absolute Gasteiger partial charge is 0.338 e. The van der Waals surface area contributed by atoms with E-state index in [1.54, 1.807) is 42.7 Å². The number of aromatic nitrogens is 2. The van der Waals surface area contributed by atoms with Gasteiger partial charge in [0.05, 0.1) is 16.6 Å². The van der Waals surface area contributed by atoms with Crippen LogP contribution in [-0.2, 0) is 4.74 Å². The lowest BCUT2D eigenvalue weighted by molar-refractivity contribution is 0.0475. The summed E-state index contributed by atoms with van der Waals surface area (Å²) in [4.78, 5) is 32.7. The first kappa shape index (κ1) is 17.7. The normalized spacial score (nSPS) is 11.9. The summed E-state index contributed by atoms with van der Waals surface area (Å²) < 4.78 is 5.16. The Morgan fingerprint density at radius 1 is 0.962 bits per heavy atom. The molecule has 0 radical (unpaired) electrons. The van der Waals surface area contributed by atoms with Gasteiger partial charge in [-0.05, 0) is 36.1 Å². The Balaban J connectivity index is 1.63. The number of fused-ring (bicyclic) bond motifs is 1. The van der Waals surface area contributed by atoms with E-state index in [1.165, 1.54) is 5.56 Å². The first-order chi connectivity index (χ1) is 12.6. The molecule has 3 aromatic rings. The van der Waals surface area contributed by atoms with Gasteiger partial charge in [-0.25, -0.2) is 4.79 Å². The monoisotopic (exact) mass is 348 g/mol. The van der Waals surface area contributed by atoms with E-state index in [1.807, 2.05) is 12.1 Å². The van der Waals surface area contributed by atoms with Crippen LogP contribution in [-0.4, -0.2) is 28.3 Å². The Hall–Kier alpha value is -3.08. The van der Waals surface area contributed by atoms with Crippen molar-refractivity contribution in [2.45, 2.75) is 26.2 Å². The molecular weight excluding hydrogens is 328 g/mol. The molecule has 2 aromatic carbocycles. The highest BCUT2D eigenvalue weighted by molar-refractivity contribution is 6.00. The van der Waals surface area contributed by atoms with Gasteiger partial charge in [0.2, 0.25) is 0 Å². The van der Waals surface area contributed by atoms with E-state index >= 15 is 0 Å². The van der Waals surface area contributed by atoms with Crippen molar-refractivity contribution in [2.24, 2.45) is 0 Å². The molecule has 0 bridgehead atoms.